The van der Waals surface area contributed by atoms with Gasteiger partial charge in [-0.1, -0.05) is 37.3 Å². The Morgan fingerprint density at radius 3 is 2.67 bits per heavy atom. The maximum atomic E-state index is 12.5. The third-order valence-corrected chi connectivity index (χ3v) is 7.63. The van der Waals surface area contributed by atoms with Crippen LogP contribution in [0, 0.1) is 5.92 Å². The van der Waals surface area contributed by atoms with Gasteiger partial charge in [0.2, 0.25) is 5.91 Å². The number of thiophene rings is 1. The summed E-state index contributed by atoms with van der Waals surface area (Å²) >= 11 is 3.47. The van der Waals surface area contributed by atoms with E-state index in [9.17, 15) is 4.79 Å². The molecule has 1 aliphatic rings. The Morgan fingerprint density at radius 1 is 1.17 bits per heavy atom. The van der Waals surface area contributed by atoms with E-state index in [1.807, 2.05) is 0 Å². The number of thiazole rings is 1. The molecule has 1 fully saturated rings. The summed E-state index contributed by atoms with van der Waals surface area (Å²) in [6.07, 6.45) is 3.85. The molecule has 3 heterocycles. The maximum Gasteiger partial charge on any atom is 0.223 e. The topological polar surface area (TPSA) is 45.2 Å². The number of hydrogen-bond donors (Lipinski definition) is 1. The van der Waals surface area contributed by atoms with Gasteiger partial charge in [0, 0.05) is 34.8 Å². The zero-order chi connectivity index (χ0) is 20.8. The van der Waals surface area contributed by atoms with Crippen molar-refractivity contribution in [2.45, 2.75) is 39.2 Å². The van der Waals surface area contributed by atoms with Crippen molar-refractivity contribution >= 4 is 28.6 Å². The van der Waals surface area contributed by atoms with Gasteiger partial charge in [0.15, 0.2) is 0 Å². The second kappa shape index (κ2) is 10.3. The Morgan fingerprint density at radius 2 is 1.97 bits per heavy atom. The number of benzene rings is 1. The highest BCUT2D eigenvalue weighted by Gasteiger charge is 2.25. The van der Waals surface area contributed by atoms with Gasteiger partial charge in [-0.3, -0.25) is 9.69 Å². The lowest BCUT2D eigenvalue weighted by molar-refractivity contribution is -0.126. The molecule has 0 radical (unpaired) electrons. The van der Waals surface area contributed by atoms with E-state index in [4.69, 9.17) is 4.98 Å². The number of nitrogens with zero attached hydrogens (tertiary/aromatic N) is 2. The summed E-state index contributed by atoms with van der Waals surface area (Å²) in [6.45, 7) is 5.70. The number of aromatic nitrogens is 1. The van der Waals surface area contributed by atoms with Crippen molar-refractivity contribution in [2.24, 2.45) is 5.92 Å². The average Bonchev–Trinajstić information content (AvgIpc) is 3.47. The van der Waals surface area contributed by atoms with Gasteiger partial charge in [-0.05, 0) is 55.8 Å². The highest BCUT2D eigenvalue weighted by molar-refractivity contribution is 7.13. The zero-order valence-electron chi connectivity index (χ0n) is 17.5. The van der Waals surface area contributed by atoms with Crippen LogP contribution in [0.1, 0.15) is 35.9 Å². The van der Waals surface area contributed by atoms with Crippen LogP contribution in [0.2, 0.25) is 0 Å². The molecule has 1 amide bonds. The first-order valence-electron chi connectivity index (χ1n) is 10.8. The number of carbonyl (C=O) groups excluding carboxylic acids is 1. The molecule has 6 heteroatoms. The number of nitrogens with one attached hydrogen (secondary N) is 1. The van der Waals surface area contributed by atoms with Gasteiger partial charge in [0.05, 0.1) is 5.69 Å². The Kier molecular flexibility index (Phi) is 7.31. The number of rotatable bonds is 8. The minimum atomic E-state index is 0.146. The number of piperidine rings is 1. The van der Waals surface area contributed by atoms with Crippen LogP contribution >= 0.6 is 22.7 Å². The first-order chi connectivity index (χ1) is 14.7. The predicted molar refractivity (Wildman–Crippen MR) is 126 cm³/mol. The standard InChI is InChI=1S/C24H29N3OS2/c1-2-18-5-7-20(8-6-18)24-26-21(17-30-24)16-27-13-10-19(11-14-27)23(28)25-12-9-22-4-3-15-29-22/h3-8,15,17,19H,2,9-14,16H2,1H3,(H,25,28). The third kappa shape index (κ3) is 5.56. The number of aryl methyl sites for hydroxylation is 1. The predicted octanol–water partition coefficient (Wildman–Crippen LogP) is 5.00. The number of likely N-dealkylation sites (tertiary alicyclic amines) is 1. The van der Waals surface area contributed by atoms with Gasteiger partial charge in [-0.15, -0.1) is 22.7 Å². The van der Waals surface area contributed by atoms with E-state index in [0.29, 0.717) is 0 Å². The van der Waals surface area contributed by atoms with Gasteiger partial charge >= 0.3 is 0 Å². The van der Waals surface area contributed by atoms with Crippen molar-refractivity contribution in [3.8, 4) is 10.6 Å². The zero-order valence-corrected chi connectivity index (χ0v) is 19.1. The summed E-state index contributed by atoms with van der Waals surface area (Å²) in [5.41, 5.74) is 3.68. The van der Waals surface area contributed by atoms with E-state index >= 15 is 0 Å². The summed E-state index contributed by atoms with van der Waals surface area (Å²) in [6, 6.07) is 12.9. The van der Waals surface area contributed by atoms with Gasteiger partial charge in [0.1, 0.15) is 5.01 Å². The first-order valence-corrected chi connectivity index (χ1v) is 12.5. The molecule has 158 valence electrons. The molecule has 4 rings (SSSR count). The van der Waals surface area contributed by atoms with E-state index < -0.39 is 0 Å². The monoisotopic (exact) mass is 439 g/mol. The van der Waals surface area contributed by atoms with Crippen molar-refractivity contribution in [1.29, 1.82) is 0 Å². The van der Waals surface area contributed by atoms with Gasteiger partial charge < -0.3 is 5.32 Å². The molecule has 4 nitrogen and oxygen atoms in total. The molecule has 2 aromatic heterocycles. The smallest absolute Gasteiger partial charge is 0.223 e. The molecule has 1 aliphatic heterocycles. The lowest BCUT2D eigenvalue weighted by Gasteiger charge is -2.30. The van der Waals surface area contributed by atoms with Crippen LogP contribution in [0.3, 0.4) is 0 Å². The molecule has 1 saturated heterocycles. The van der Waals surface area contributed by atoms with Crippen LogP contribution < -0.4 is 5.32 Å². The van der Waals surface area contributed by atoms with Crippen LogP contribution in [-0.4, -0.2) is 35.4 Å². The summed E-state index contributed by atoms with van der Waals surface area (Å²) in [4.78, 5) is 21.1. The summed E-state index contributed by atoms with van der Waals surface area (Å²) in [7, 11) is 0. The second-order valence-electron chi connectivity index (χ2n) is 7.87. The number of hydrogen-bond acceptors (Lipinski definition) is 5. The Bertz CT molecular complexity index is 926. The van der Waals surface area contributed by atoms with E-state index in [2.05, 4.69) is 64.3 Å². The minimum Gasteiger partial charge on any atom is -0.355 e. The molecule has 0 atom stereocenters. The molecule has 0 bridgehead atoms. The second-order valence-corrected chi connectivity index (χ2v) is 9.76. The molecule has 1 aromatic carbocycles. The average molecular weight is 440 g/mol. The molecule has 0 spiro atoms. The van der Waals surface area contributed by atoms with Crippen molar-refractivity contribution in [1.82, 2.24) is 15.2 Å². The summed E-state index contributed by atoms with van der Waals surface area (Å²) < 4.78 is 0. The van der Waals surface area contributed by atoms with Crippen LogP contribution in [0.4, 0.5) is 0 Å². The van der Waals surface area contributed by atoms with Crippen molar-refractivity contribution in [3.05, 3.63) is 63.3 Å². The van der Waals surface area contributed by atoms with Crippen LogP contribution in [0.15, 0.2) is 47.2 Å². The number of carbonyl (C=O) groups is 1. The lowest BCUT2D eigenvalue weighted by atomic mass is 9.96. The van der Waals surface area contributed by atoms with Crippen molar-refractivity contribution in [3.63, 3.8) is 0 Å². The van der Waals surface area contributed by atoms with Crippen LogP contribution in [-0.2, 0) is 24.2 Å². The molecule has 3 aromatic rings. The Balaban J connectivity index is 1.22. The molecule has 0 saturated carbocycles. The van der Waals surface area contributed by atoms with Crippen LogP contribution in [0.25, 0.3) is 10.6 Å². The molecular formula is C24H29N3OS2. The maximum absolute atomic E-state index is 12.5. The normalized spacial score (nSPS) is 15.4. The minimum absolute atomic E-state index is 0.146. The highest BCUT2D eigenvalue weighted by atomic mass is 32.1. The lowest BCUT2D eigenvalue weighted by Crippen LogP contribution is -2.40. The molecule has 1 N–H and O–H groups in total. The summed E-state index contributed by atoms with van der Waals surface area (Å²) in [5.74, 6) is 0.366. The quantitative estimate of drug-likeness (QED) is 0.537. The van der Waals surface area contributed by atoms with Crippen LogP contribution in [0.5, 0.6) is 0 Å². The molecular weight excluding hydrogens is 410 g/mol. The Labute approximate surface area is 187 Å². The summed E-state index contributed by atoms with van der Waals surface area (Å²) in [5, 5.41) is 8.47. The fraction of sp³-hybridized carbons (Fsp3) is 0.417. The highest BCUT2D eigenvalue weighted by Crippen LogP contribution is 2.26. The first kappa shape index (κ1) is 21.2. The molecule has 0 unspecified atom stereocenters. The van der Waals surface area contributed by atoms with Crippen molar-refractivity contribution in [2.75, 3.05) is 19.6 Å². The largest absolute Gasteiger partial charge is 0.355 e. The van der Waals surface area contributed by atoms with Gasteiger partial charge in [-0.25, -0.2) is 4.98 Å². The fourth-order valence-corrected chi connectivity index (χ4v) is 5.41. The third-order valence-electron chi connectivity index (χ3n) is 5.76. The van der Waals surface area contributed by atoms with Gasteiger partial charge in [0.25, 0.3) is 0 Å². The fourth-order valence-electron chi connectivity index (χ4n) is 3.89. The SMILES string of the molecule is CCc1ccc(-c2nc(CN3CCC(C(=O)NCCc4cccs4)CC3)cs2)cc1. The van der Waals surface area contributed by atoms with E-state index in [0.717, 1.165) is 62.6 Å². The van der Waals surface area contributed by atoms with E-state index in [-0.39, 0.29) is 11.8 Å². The van der Waals surface area contributed by atoms with Gasteiger partial charge in [-0.2, -0.15) is 0 Å². The Hall–Kier alpha value is -2.02. The van der Waals surface area contributed by atoms with Crippen molar-refractivity contribution < 1.29 is 4.79 Å². The molecule has 30 heavy (non-hydrogen) atoms. The van der Waals surface area contributed by atoms with E-state index in [1.165, 1.54) is 16.0 Å². The number of amides is 1. The molecule has 0 aliphatic carbocycles. The van der Waals surface area contributed by atoms with E-state index in [1.54, 1.807) is 22.7 Å².